The van der Waals surface area contributed by atoms with Crippen LogP contribution < -0.4 is 10.1 Å². The van der Waals surface area contributed by atoms with E-state index >= 15 is 0 Å². The molecule has 0 saturated carbocycles. The number of aromatic nitrogens is 2. The van der Waals surface area contributed by atoms with Gasteiger partial charge >= 0.3 is 5.69 Å². The summed E-state index contributed by atoms with van der Waals surface area (Å²) < 4.78 is 5.38. The molecule has 18 heavy (non-hydrogen) atoms. The predicted octanol–water partition coefficient (Wildman–Crippen LogP) is 2.07. The molecule has 0 spiro atoms. The van der Waals surface area contributed by atoms with Gasteiger partial charge in [0.15, 0.2) is 10.8 Å². The highest BCUT2D eigenvalue weighted by Crippen LogP contribution is 2.27. The smallest absolute Gasteiger partial charge is 0.310 e. The number of benzene rings is 1. The molecule has 7 nitrogen and oxygen atoms in total. The third-order valence-corrected chi connectivity index (χ3v) is 3.01. The fraction of sp³-hybridized carbons (Fsp3) is 0.200. The van der Waals surface area contributed by atoms with Crippen LogP contribution in [0.25, 0.3) is 0 Å². The molecule has 0 bridgehead atoms. The van der Waals surface area contributed by atoms with Crippen LogP contribution in [-0.2, 0) is 6.61 Å². The first-order valence-corrected chi connectivity index (χ1v) is 5.88. The van der Waals surface area contributed by atoms with Gasteiger partial charge in [-0.15, -0.1) is 10.2 Å². The van der Waals surface area contributed by atoms with E-state index in [4.69, 9.17) is 4.74 Å². The Kier molecular flexibility index (Phi) is 3.68. The molecular formula is C10H10N4O3S. The predicted molar refractivity (Wildman–Crippen MR) is 66.9 cm³/mol. The van der Waals surface area contributed by atoms with Gasteiger partial charge in [-0.05, 0) is 6.07 Å². The number of anilines is 1. The highest BCUT2D eigenvalue weighted by atomic mass is 32.1. The minimum atomic E-state index is -0.478. The standard InChI is InChI=1S/C10H10N4O3S/c1-11-10-13-12-9(18-10)6-17-8-5-3-2-4-7(8)14(15)16/h2-5H,6H2,1H3,(H,11,13). The highest BCUT2D eigenvalue weighted by molar-refractivity contribution is 7.15. The Balaban J connectivity index is 2.08. The first-order chi connectivity index (χ1) is 8.70. The SMILES string of the molecule is CNc1nnc(COc2ccccc2[N+](=O)[O-])s1. The quantitative estimate of drug-likeness (QED) is 0.658. The molecule has 2 rings (SSSR count). The lowest BCUT2D eigenvalue weighted by molar-refractivity contribution is -0.385. The molecule has 8 heteroatoms. The fourth-order valence-electron chi connectivity index (χ4n) is 1.28. The number of nitro benzene ring substituents is 1. The maximum atomic E-state index is 10.8. The van der Waals surface area contributed by atoms with Gasteiger partial charge in [0.2, 0.25) is 5.13 Å². The van der Waals surface area contributed by atoms with Crippen LogP contribution in [0.2, 0.25) is 0 Å². The van der Waals surface area contributed by atoms with Crippen molar-refractivity contribution in [2.24, 2.45) is 0 Å². The molecule has 0 saturated heterocycles. The number of para-hydroxylation sites is 2. The Morgan fingerprint density at radius 3 is 2.89 bits per heavy atom. The van der Waals surface area contributed by atoms with Crippen LogP contribution in [0.5, 0.6) is 5.75 Å². The van der Waals surface area contributed by atoms with E-state index < -0.39 is 4.92 Å². The van der Waals surface area contributed by atoms with Crippen molar-refractivity contribution in [2.45, 2.75) is 6.61 Å². The molecule has 1 N–H and O–H groups in total. The summed E-state index contributed by atoms with van der Waals surface area (Å²) >= 11 is 1.34. The van der Waals surface area contributed by atoms with Gasteiger partial charge in [0, 0.05) is 13.1 Å². The lowest BCUT2D eigenvalue weighted by atomic mass is 10.3. The fourth-order valence-corrected chi connectivity index (χ4v) is 1.89. The lowest BCUT2D eigenvalue weighted by Gasteiger charge is -2.03. The van der Waals surface area contributed by atoms with E-state index in [1.54, 1.807) is 25.2 Å². The average Bonchev–Trinajstić information content (AvgIpc) is 2.84. The van der Waals surface area contributed by atoms with Crippen molar-refractivity contribution in [3.05, 3.63) is 39.4 Å². The van der Waals surface area contributed by atoms with E-state index in [1.165, 1.54) is 17.4 Å². The number of ether oxygens (including phenoxy) is 1. The van der Waals surface area contributed by atoms with Crippen LogP contribution in [0.4, 0.5) is 10.8 Å². The van der Waals surface area contributed by atoms with Gasteiger partial charge in [-0.25, -0.2) is 0 Å². The van der Waals surface area contributed by atoms with Crippen LogP contribution in [0.1, 0.15) is 5.01 Å². The van der Waals surface area contributed by atoms with Gasteiger partial charge < -0.3 is 10.1 Å². The minimum Gasteiger partial charge on any atom is -0.479 e. The first-order valence-electron chi connectivity index (χ1n) is 5.07. The van der Waals surface area contributed by atoms with Crippen molar-refractivity contribution in [3.8, 4) is 5.75 Å². The molecule has 2 aromatic rings. The second kappa shape index (κ2) is 5.41. The Labute approximate surface area is 107 Å². The first kappa shape index (κ1) is 12.2. The van der Waals surface area contributed by atoms with Crippen LogP contribution in [0.3, 0.4) is 0 Å². The number of nitrogens with one attached hydrogen (secondary N) is 1. The molecule has 1 aromatic heterocycles. The summed E-state index contributed by atoms with van der Waals surface area (Å²) in [5, 5.41) is 22.7. The maximum Gasteiger partial charge on any atom is 0.310 e. The summed E-state index contributed by atoms with van der Waals surface area (Å²) in [4.78, 5) is 10.3. The summed E-state index contributed by atoms with van der Waals surface area (Å²) in [6.45, 7) is 0.157. The molecule has 0 aliphatic heterocycles. The Hall–Kier alpha value is -2.22. The van der Waals surface area contributed by atoms with Crippen LogP contribution in [0, 0.1) is 10.1 Å². The number of nitrogens with zero attached hydrogens (tertiary/aromatic N) is 3. The number of nitro groups is 1. The lowest BCUT2D eigenvalue weighted by Crippen LogP contribution is -1.98. The molecule has 1 heterocycles. The van der Waals surface area contributed by atoms with Crippen molar-refractivity contribution < 1.29 is 9.66 Å². The monoisotopic (exact) mass is 266 g/mol. The largest absolute Gasteiger partial charge is 0.479 e. The molecule has 0 atom stereocenters. The minimum absolute atomic E-state index is 0.0594. The maximum absolute atomic E-state index is 10.8. The van der Waals surface area contributed by atoms with Crippen LogP contribution >= 0.6 is 11.3 Å². The average molecular weight is 266 g/mol. The molecule has 0 radical (unpaired) electrons. The van der Waals surface area contributed by atoms with Gasteiger partial charge in [-0.1, -0.05) is 23.5 Å². The molecule has 94 valence electrons. The van der Waals surface area contributed by atoms with Crippen molar-refractivity contribution >= 4 is 22.2 Å². The highest BCUT2D eigenvalue weighted by Gasteiger charge is 2.14. The third kappa shape index (κ3) is 2.72. The Morgan fingerprint density at radius 1 is 1.44 bits per heavy atom. The van der Waals surface area contributed by atoms with E-state index in [0.29, 0.717) is 10.1 Å². The molecule has 0 aliphatic carbocycles. The summed E-state index contributed by atoms with van der Waals surface area (Å²) in [5.41, 5.74) is -0.0594. The van der Waals surface area contributed by atoms with E-state index in [1.807, 2.05) is 0 Å². The Morgan fingerprint density at radius 2 is 2.22 bits per heavy atom. The van der Waals surface area contributed by atoms with Gasteiger partial charge in [-0.3, -0.25) is 10.1 Å². The molecule has 0 amide bonds. The normalized spacial score (nSPS) is 10.1. The van der Waals surface area contributed by atoms with E-state index in [9.17, 15) is 10.1 Å². The molecular weight excluding hydrogens is 256 g/mol. The molecule has 1 aromatic carbocycles. The zero-order valence-electron chi connectivity index (χ0n) is 9.49. The van der Waals surface area contributed by atoms with Crippen LogP contribution in [0.15, 0.2) is 24.3 Å². The van der Waals surface area contributed by atoms with Crippen molar-refractivity contribution in [1.82, 2.24) is 10.2 Å². The van der Waals surface area contributed by atoms with E-state index in [-0.39, 0.29) is 18.0 Å². The number of hydrogen-bond donors (Lipinski definition) is 1. The summed E-state index contributed by atoms with van der Waals surface area (Å²) in [7, 11) is 1.74. The second-order valence-electron chi connectivity index (χ2n) is 3.26. The molecule has 0 aliphatic rings. The van der Waals surface area contributed by atoms with Crippen molar-refractivity contribution in [2.75, 3.05) is 12.4 Å². The summed E-state index contributed by atoms with van der Waals surface area (Å²) in [6, 6.07) is 6.23. The zero-order chi connectivity index (χ0) is 13.0. The van der Waals surface area contributed by atoms with Gasteiger partial charge in [0.05, 0.1) is 4.92 Å². The molecule has 0 unspecified atom stereocenters. The van der Waals surface area contributed by atoms with Gasteiger partial charge in [0.1, 0.15) is 6.61 Å². The van der Waals surface area contributed by atoms with Crippen molar-refractivity contribution in [1.29, 1.82) is 0 Å². The molecule has 0 fully saturated rings. The van der Waals surface area contributed by atoms with E-state index in [2.05, 4.69) is 15.5 Å². The van der Waals surface area contributed by atoms with Gasteiger partial charge in [-0.2, -0.15) is 0 Å². The topological polar surface area (TPSA) is 90.2 Å². The van der Waals surface area contributed by atoms with E-state index in [0.717, 1.165) is 0 Å². The Bertz CT molecular complexity index is 558. The summed E-state index contributed by atoms with van der Waals surface area (Å²) in [5.74, 6) is 0.226. The summed E-state index contributed by atoms with van der Waals surface area (Å²) in [6.07, 6.45) is 0. The van der Waals surface area contributed by atoms with Crippen molar-refractivity contribution in [3.63, 3.8) is 0 Å². The zero-order valence-corrected chi connectivity index (χ0v) is 10.3. The number of rotatable bonds is 5. The van der Waals surface area contributed by atoms with Gasteiger partial charge in [0.25, 0.3) is 0 Å². The van der Waals surface area contributed by atoms with Crippen LogP contribution in [-0.4, -0.2) is 22.2 Å². The second-order valence-corrected chi connectivity index (χ2v) is 4.33. The number of hydrogen-bond acceptors (Lipinski definition) is 7. The third-order valence-electron chi connectivity index (χ3n) is 2.09.